The molecule has 0 spiro atoms. The van der Waals surface area contributed by atoms with E-state index < -0.39 is 11.7 Å². The first-order valence-electron chi connectivity index (χ1n) is 6.23. The highest BCUT2D eigenvalue weighted by Gasteiger charge is 2.30. The second kappa shape index (κ2) is 5.94. The van der Waals surface area contributed by atoms with E-state index >= 15 is 0 Å². The number of benzene rings is 1. The summed E-state index contributed by atoms with van der Waals surface area (Å²) in [6, 6.07) is 9.92. The number of nitrogens with zero attached hydrogens (tertiary/aromatic N) is 1. The van der Waals surface area contributed by atoms with Crippen LogP contribution in [0.5, 0.6) is 5.75 Å². The van der Waals surface area contributed by atoms with Gasteiger partial charge in [0.2, 0.25) is 0 Å². The number of aromatic nitrogens is 1. The van der Waals surface area contributed by atoms with Crippen molar-refractivity contribution in [3.05, 3.63) is 59.4 Å². The van der Waals surface area contributed by atoms with Gasteiger partial charge in [-0.2, -0.15) is 13.2 Å². The van der Waals surface area contributed by atoms with Crippen LogP contribution in [-0.4, -0.2) is 4.98 Å². The minimum Gasteiger partial charge on any atom is -0.487 e. The molecule has 0 saturated heterocycles. The second-order valence-corrected chi connectivity index (χ2v) is 4.33. The summed E-state index contributed by atoms with van der Waals surface area (Å²) < 4.78 is 42.7. The summed E-state index contributed by atoms with van der Waals surface area (Å²) in [6.45, 7) is 2.18. The third-order valence-corrected chi connectivity index (χ3v) is 2.85. The SMILES string of the molecule is CCc1cccc(OCc2ccc(C(F)(F)F)cn2)c1. The first kappa shape index (κ1) is 14.4. The lowest BCUT2D eigenvalue weighted by Crippen LogP contribution is -2.06. The third kappa shape index (κ3) is 3.73. The van der Waals surface area contributed by atoms with Crippen molar-refractivity contribution in [2.24, 2.45) is 0 Å². The zero-order chi connectivity index (χ0) is 14.6. The van der Waals surface area contributed by atoms with Gasteiger partial charge in [-0.1, -0.05) is 19.1 Å². The zero-order valence-electron chi connectivity index (χ0n) is 10.9. The maximum absolute atomic E-state index is 12.4. The van der Waals surface area contributed by atoms with E-state index in [4.69, 9.17) is 4.74 Å². The van der Waals surface area contributed by atoms with Crippen molar-refractivity contribution in [1.82, 2.24) is 4.98 Å². The largest absolute Gasteiger partial charge is 0.487 e. The third-order valence-electron chi connectivity index (χ3n) is 2.85. The highest BCUT2D eigenvalue weighted by atomic mass is 19.4. The molecule has 0 atom stereocenters. The Balaban J connectivity index is 2.00. The zero-order valence-corrected chi connectivity index (χ0v) is 10.9. The number of pyridine rings is 1. The van der Waals surface area contributed by atoms with E-state index in [1.54, 1.807) is 0 Å². The van der Waals surface area contributed by atoms with Crippen molar-refractivity contribution in [3.8, 4) is 5.75 Å². The molecule has 2 rings (SSSR count). The summed E-state index contributed by atoms with van der Waals surface area (Å²) in [7, 11) is 0. The van der Waals surface area contributed by atoms with Crippen LogP contribution in [0.15, 0.2) is 42.6 Å². The molecule has 0 saturated carbocycles. The van der Waals surface area contributed by atoms with Gasteiger partial charge in [-0.3, -0.25) is 4.98 Å². The van der Waals surface area contributed by atoms with Gasteiger partial charge in [0.05, 0.1) is 11.3 Å². The van der Waals surface area contributed by atoms with E-state index in [1.165, 1.54) is 6.07 Å². The number of hydrogen-bond acceptors (Lipinski definition) is 2. The topological polar surface area (TPSA) is 22.1 Å². The van der Waals surface area contributed by atoms with Crippen LogP contribution in [0.4, 0.5) is 13.2 Å². The van der Waals surface area contributed by atoms with Gasteiger partial charge in [-0.05, 0) is 36.2 Å². The van der Waals surface area contributed by atoms with E-state index in [0.717, 1.165) is 24.2 Å². The van der Waals surface area contributed by atoms with Crippen molar-refractivity contribution in [2.45, 2.75) is 26.1 Å². The molecule has 5 heteroatoms. The smallest absolute Gasteiger partial charge is 0.417 e. The molecule has 2 nitrogen and oxygen atoms in total. The van der Waals surface area contributed by atoms with E-state index in [2.05, 4.69) is 4.98 Å². The summed E-state index contributed by atoms with van der Waals surface area (Å²) in [5.74, 6) is 0.686. The highest BCUT2D eigenvalue weighted by Crippen LogP contribution is 2.28. The monoisotopic (exact) mass is 281 g/mol. The second-order valence-electron chi connectivity index (χ2n) is 4.33. The quantitative estimate of drug-likeness (QED) is 0.836. The van der Waals surface area contributed by atoms with Gasteiger partial charge in [0.1, 0.15) is 12.4 Å². The van der Waals surface area contributed by atoms with Gasteiger partial charge in [-0.25, -0.2) is 0 Å². The van der Waals surface area contributed by atoms with Crippen LogP contribution < -0.4 is 4.74 Å². The number of alkyl halides is 3. The molecule has 0 aliphatic carbocycles. The van der Waals surface area contributed by atoms with Crippen molar-refractivity contribution in [2.75, 3.05) is 0 Å². The number of halogens is 3. The average molecular weight is 281 g/mol. The molecule has 1 heterocycles. The van der Waals surface area contributed by atoms with Gasteiger partial charge in [0.15, 0.2) is 0 Å². The Kier molecular flexibility index (Phi) is 4.27. The Morgan fingerprint density at radius 3 is 2.55 bits per heavy atom. The first-order chi connectivity index (χ1) is 9.49. The van der Waals surface area contributed by atoms with Gasteiger partial charge >= 0.3 is 6.18 Å². The van der Waals surface area contributed by atoms with Crippen LogP contribution in [0.1, 0.15) is 23.7 Å². The lowest BCUT2D eigenvalue weighted by atomic mass is 10.2. The fourth-order valence-corrected chi connectivity index (χ4v) is 1.69. The standard InChI is InChI=1S/C15H14F3NO/c1-2-11-4-3-5-14(8-11)20-10-13-7-6-12(9-19-13)15(16,17)18/h3-9H,2,10H2,1H3. The molecular weight excluding hydrogens is 267 g/mol. The van der Waals surface area contributed by atoms with Gasteiger partial charge in [0.25, 0.3) is 0 Å². The Morgan fingerprint density at radius 2 is 1.95 bits per heavy atom. The van der Waals surface area contributed by atoms with E-state index in [1.807, 2.05) is 31.2 Å². The van der Waals surface area contributed by atoms with Crippen molar-refractivity contribution < 1.29 is 17.9 Å². The van der Waals surface area contributed by atoms with Gasteiger partial charge in [0, 0.05) is 6.20 Å². The molecule has 0 radical (unpaired) electrons. The summed E-state index contributed by atoms with van der Waals surface area (Å²) in [4.78, 5) is 3.76. The van der Waals surface area contributed by atoms with E-state index in [-0.39, 0.29) is 6.61 Å². The molecule has 2 aromatic rings. The van der Waals surface area contributed by atoms with Crippen LogP contribution in [0, 0.1) is 0 Å². The van der Waals surface area contributed by atoms with Crippen LogP contribution in [-0.2, 0) is 19.2 Å². The Hall–Kier alpha value is -2.04. The fraction of sp³-hybridized carbons (Fsp3) is 0.267. The lowest BCUT2D eigenvalue weighted by Gasteiger charge is -2.09. The number of hydrogen-bond donors (Lipinski definition) is 0. The molecule has 0 aliphatic rings. The first-order valence-corrected chi connectivity index (χ1v) is 6.23. The Bertz CT molecular complexity index is 564. The van der Waals surface area contributed by atoms with Crippen molar-refractivity contribution >= 4 is 0 Å². The van der Waals surface area contributed by atoms with Crippen LogP contribution >= 0.6 is 0 Å². The maximum Gasteiger partial charge on any atom is 0.417 e. The fourth-order valence-electron chi connectivity index (χ4n) is 1.69. The molecule has 0 unspecified atom stereocenters. The lowest BCUT2D eigenvalue weighted by molar-refractivity contribution is -0.137. The number of aryl methyl sites for hydroxylation is 1. The molecule has 0 bridgehead atoms. The van der Waals surface area contributed by atoms with Crippen LogP contribution in [0.25, 0.3) is 0 Å². The van der Waals surface area contributed by atoms with Gasteiger partial charge < -0.3 is 4.74 Å². The maximum atomic E-state index is 12.4. The van der Waals surface area contributed by atoms with Crippen LogP contribution in [0.2, 0.25) is 0 Å². The predicted molar refractivity (Wildman–Crippen MR) is 69.4 cm³/mol. The predicted octanol–water partition coefficient (Wildman–Crippen LogP) is 4.24. The molecule has 0 amide bonds. The Morgan fingerprint density at radius 1 is 1.15 bits per heavy atom. The number of rotatable bonds is 4. The van der Waals surface area contributed by atoms with Crippen molar-refractivity contribution in [3.63, 3.8) is 0 Å². The van der Waals surface area contributed by atoms with Gasteiger partial charge in [-0.15, -0.1) is 0 Å². The molecule has 0 N–H and O–H groups in total. The molecule has 1 aromatic carbocycles. The highest BCUT2D eigenvalue weighted by molar-refractivity contribution is 5.28. The molecule has 106 valence electrons. The summed E-state index contributed by atoms with van der Waals surface area (Å²) in [5.41, 5.74) is 0.844. The molecular formula is C15H14F3NO. The average Bonchev–Trinajstić information content (AvgIpc) is 2.45. The van der Waals surface area contributed by atoms with E-state index in [9.17, 15) is 13.2 Å². The van der Waals surface area contributed by atoms with Crippen LogP contribution in [0.3, 0.4) is 0 Å². The summed E-state index contributed by atoms with van der Waals surface area (Å²) in [5, 5.41) is 0. The molecule has 1 aromatic heterocycles. The van der Waals surface area contributed by atoms with Crippen molar-refractivity contribution in [1.29, 1.82) is 0 Å². The molecule has 20 heavy (non-hydrogen) atoms. The Labute approximate surface area is 115 Å². The number of ether oxygens (including phenoxy) is 1. The summed E-state index contributed by atoms with van der Waals surface area (Å²) >= 11 is 0. The minimum absolute atomic E-state index is 0.144. The molecule has 0 fully saturated rings. The minimum atomic E-state index is -4.36. The summed E-state index contributed by atoms with van der Waals surface area (Å²) in [6.07, 6.45) is -2.64. The van der Waals surface area contributed by atoms with E-state index in [0.29, 0.717) is 11.4 Å². The molecule has 0 aliphatic heterocycles. The normalized spacial score (nSPS) is 11.4.